The summed E-state index contributed by atoms with van der Waals surface area (Å²) in [5.41, 5.74) is 0.249. The average Bonchev–Trinajstić information content (AvgIpc) is 2.43. The maximum absolute atomic E-state index is 12.2. The first kappa shape index (κ1) is 19.2. The molecule has 4 nitrogen and oxygen atoms in total. The average molecular weight is 294 g/mol. The van der Waals surface area contributed by atoms with Crippen molar-refractivity contribution in [3.8, 4) is 0 Å². The molecule has 0 atom stereocenters. The fourth-order valence-electron chi connectivity index (χ4n) is 1.98. The molecule has 0 heterocycles. The highest BCUT2D eigenvalue weighted by Gasteiger charge is 2.47. The molecule has 0 saturated heterocycles. The molecule has 0 aliphatic heterocycles. The Bertz CT molecular complexity index is 428. The van der Waals surface area contributed by atoms with Crippen LogP contribution in [-0.4, -0.2) is 26.2 Å². The number of esters is 2. The van der Waals surface area contributed by atoms with Gasteiger partial charge in [-0.3, -0.25) is 9.59 Å². The van der Waals surface area contributed by atoms with Crippen molar-refractivity contribution in [2.45, 2.75) is 33.6 Å². The van der Waals surface area contributed by atoms with E-state index in [9.17, 15) is 9.59 Å². The maximum Gasteiger partial charge on any atom is 0.323 e. The van der Waals surface area contributed by atoms with Crippen LogP contribution in [0.25, 0.3) is 0 Å². The van der Waals surface area contributed by atoms with Crippen molar-refractivity contribution in [1.82, 2.24) is 0 Å². The predicted octanol–water partition coefficient (Wildman–Crippen LogP) is 3.44. The summed E-state index contributed by atoms with van der Waals surface area (Å²) in [6, 6.07) is 0. The van der Waals surface area contributed by atoms with Crippen LogP contribution in [0.1, 0.15) is 33.6 Å². The molecule has 0 aliphatic rings. The zero-order chi connectivity index (χ0) is 16.6. The van der Waals surface area contributed by atoms with E-state index in [1.807, 2.05) is 19.9 Å². The van der Waals surface area contributed by atoms with Gasteiger partial charge in [0.05, 0.1) is 14.2 Å². The van der Waals surface area contributed by atoms with Gasteiger partial charge in [-0.2, -0.15) is 0 Å². The van der Waals surface area contributed by atoms with Gasteiger partial charge in [0, 0.05) is 0 Å². The van der Waals surface area contributed by atoms with Gasteiger partial charge in [0.2, 0.25) is 0 Å². The molecule has 0 aromatic rings. The topological polar surface area (TPSA) is 52.6 Å². The second-order valence-corrected chi connectivity index (χ2v) is 5.54. The van der Waals surface area contributed by atoms with Gasteiger partial charge in [0.25, 0.3) is 0 Å². The Hall–Kier alpha value is -1.84. The summed E-state index contributed by atoms with van der Waals surface area (Å²) in [6.45, 7) is 13.5. The second kappa shape index (κ2) is 8.45. The van der Waals surface area contributed by atoms with E-state index in [4.69, 9.17) is 9.47 Å². The third-order valence-corrected chi connectivity index (χ3v) is 3.30. The Morgan fingerprint density at radius 1 is 1.14 bits per heavy atom. The molecule has 0 rings (SSSR count). The molecule has 0 unspecified atom stereocenters. The molecule has 0 aliphatic carbocycles. The van der Waals surface area contributed by atoms with Crippen molar-refractivity contribution in [2.24, 2.45) is 11.3 Å². The number of methoxy groups -OCH3 is 2. The number of rotatable bonds is 8. The number of carbonyl (C=O) groups excluding carboxylic acids is 2. The van der Waals surface area contributed by atoms with E-state index in [1.54, 1.807) is 13.0 Å². The quantitative estimate of drug-likeness (QED) is 0.298. The van der Waals surface area contributed by atoms with E-state index < -0.39 is 17.4 Å². The molecule has 118 valence electrons. The molecular weight excluding hydrogens is 268 g/mol. The molecule has 4 heteroatoms. The van der Waals surface area contributed by atoms with Crippen molar-refractivity contribution in [3.63, 3.8) is 0 Å². The number of allylic oxidation sites excluding steroid dienone is 4. The Balaban J connectivity index is 5.46. The van der Waals surface area contributed by atoms with Gasteiger partial charge in [-0.1, -0.05) is 43.7 Å². The third-order valence-electron chi connectivity index (χ3n) is 3.30. The van der Waals surface area contributed by atoms with E-state index in [0.717, 1.165) is 5.57 Å². The minimum atomic E-state index is -1.39. The zero-order valence-electron chi connectivity index (χ0n) is 13.7. The molecule has 0 radical (unpaired) electrons. The van der Waals surface area contributed by atoms with Gasteiger partial charge in [-0.05, 0) is 25.7 Å². The lowest BCUT2D eigenvalue weighted by atomic mass is 9.78. The van der Waals surface area contributed by atoms with Crippen LogP contribution in [0.2, 0.25) is 0 Å². The molecule has 0 fully saturated rings. The van der Waals surface area contributed by atoms with Crippen molar-refractivity contribution < 1.29 is 19.1 Å². The largest absolute Gasteiger partial charge is 0.468 e. The fourth-order valence-corrected chi connectivity index (χ4v) is 1.98. The highest BCUT2D eigenvalue weighted by molar-refractivity contribution is 6.00. The molecule has 21 heavy (non-hydrogen) atoms. The van der Waals surface area contributed by atoms with Crippen LogP contribution < -0.4 is 0 Å². The van der Waals surface area contributed by atoms with Crippen LogP contribution in [0.5, 0.6) is 0 Å². The second-order valence-electron chi connectivity index (χ2n) is 5.54. The van der Waals surface area contributed by atoms with Crippen molar-refractivity contribution in [3.05, 3.63) is 36.5 Å². The first-order chi connectivity index (χ1) is 9.71. The van der Waals surface area contributed by atoms with E-state index in [1.165, 1.54) is 14.2 Å². The minimum Gasteiger partial charge on any atom is -0.468 e. The number of carbonyl (C=O) groups is 2. The Morgan fingerprint density at radius 2 is 1.62 bits per heavy atom. The summed E-state index contributed by atoms with van der Waals surface area (Å²) in [6.07, 6.45) is 3.96. The highest BCUT2D eigenvalue weighted by atomic mass is 16.5. The van der Waals surface area contributed by atoms with Crippen LogP contribution in [0.4, 0.5) is 0 Å². The Kier molecular flexibility index (Phi) is 7.71. The van der Waals surface area contributed by atoms with Gasteiger partial charge < -0.3 is 9.47 Å². The van der Waals surface area contributed by atoms with E-state index in [2.05, 4.69) is 13.2 Å². The van der Waals surface area contributed by atoms with E-state index in [-0.39, 0.29) is 12.8 Å². The standard InChI is InChI=1S/C17H26O4/c1-12(2)11-17(15(18)20-6,16(19)21-7)10-8-9-14(5)13(3)4/h8-9,13H,1,5,10-11H2,2-4,6-7H3/b9-8+. The summed E-state index contributed by atoms with van der Waals surface area (Å²) in [5, 5.41) is 0. The van der Waals surface area contributed by atoms with Crippen LogP contribution in [0.3, 0.4) is 0 Å². The van der Waals surface area contributed by atoms with Gasteiger partial charge in [-0.25, -0.2) is 0 Å². The molecule has 0 aromatic carbocycles. The number of hydrogen-bond donors (Lipinski definition) is 0. The van der Waals surface area contributed by atoms with Crippen LogP contribution in [-0.2, 0) is 19.1 Å². The summed E-state index contributed by atoms with van der Waals surface area (Å²) < 4.78 is 9.61. The lowest BCUT2D eigenvalue weighted by Gasteiger charge is -2.27. The third kappa shape index (κ3) is 5.21. The van der Waals surface area contributed by atoms with Crippen LogP contribution in [0, 0.1) is 11.3 Å². The molecular formula is C17H26O4. The van der Waals surface area contributed by atoms with E-state index in [0.29, 0.717) is 11.5 Å². The lowest BCUT2D eigenvalue weighted by Crippen LogP contribution is -2.41. The van der Waals surface area contributed by atoms with Crippen molar-refractivity contribution in [1.29, 1.82) is 0 Å². The van der Waals surface area contributed by atoms with Gasteiger partial charge in [0.15, 0.2) is 5.41 Å². The summed E-state index contributed by atoms with van der Waals surface area (Å²) in [5.74, 6) is -0.928. The summed E-state index contributed by atoms with van der Waals surface area (Å²) in [7, 11) is 2.52. The lowest BCUT2D eigenvalue weighted by molar-refractivity contribution is -0.168. The monoisotopic (exact) mass is 294 g/mol. The number of hydrogen-bond acceptors (Lipinski definition) is 4. The summed E-state index contributed by atoms with van der Waals surface area (Å²) in [4.78, 5) is 24.3. The van der Waals surface area contributed by atoms with Gasteiger partial charge >= 0.3 is 11.9 Å². The highest BCUT2D eigenvalue weighted by Crippen LogP contribution is 2.34. The fraction of sp³-hybridized carbons (Fsp3) is 0.529. The first-order valence-electron chi connectivity index (χ1n) is 6.87. The molecule has 0 amide bonds. The molecule has 0 spiro atoms. The van der Waals surface area contributed by atoms with Gasteiger partial charge in [0.1, 0.15) is 0 Å². The zero-order valence-corrected chi connectivity index (χ0v) is 13.7. The van der Waals surface area contributed by atoms with E-state index >= 15 is 0 Å². The molecule has 0 N–H and O–H groups in total. The van der Waals surface area contributed by atoms with Crippen LogP contribution in [0.15, 0.2) is 36.5 Å². The minimum absolute atomic E-state index is 0.185. The number of ether oxygens (including phenoxy) is 2. The molecule has 0 saturated carbocycles. The first-order valence-corrected chi connectivity index (χ1v) is 6.87. The maximum atomic E-state index is 12.2. The van der Waals surface area contributed by atoms with Gasteiger partial charge in [-0.15, -0.1) is 6.58 Å². The van der Waals surface area contributed by atoms with Crippen molar-refractivity contribution >= 4 is 11.9 Å². The Morgan fingerprint density at radius 3 is 1.95 bits per heavy atom. The normalized spacial score (nSPS) is 11.5. The smallest absolute Gasteiger partial charge is 0.323 e. The van der Waals surface area contributed by atoms with Crippen molar-refractivity contribution in [2.75, 3.05) is 14.2 Å². The summed E-state index contributed by atoms with van der Waals surface area (Å²) >= 11 is 0. The predicted molar refractivity (Wildman–Crippen MR) is 83.6 cm³/mol. The Labute approximate surface area is 127 Å². The molecule has 0 aromatic heterocycles. The SMILES string of the molecule is C=C(C)CC(C/C=C/C(=C)C(C)C)(C(=O)OC)C(=O)OC. The molecule has 0 bridgehead atoms. The van der Waals surface area contributed by atoms with Crippen LogP contribution >= 0.6 is 0 Å².